The normalized spacial score (nSPS) is 12.0. The average molecular weight is 279 g/mol. The number of carbonyl (C=O) groups is 2. The summed E-state index contributed by atoms with van der Waals surface area (Å²) < 4.78 is 0. The quantitative estimate of drug-likeness (QED) is 0.815. The van der Waals surface area contributed by atoms with Crippen LogP contribution in [0.15, 0.2) is 30.3 Å². The number of carboxylic acid groups (broad SMARTS) is 1. The van der Waals surface area contributed by atoms with Crippen LogP contribution in [0, 0.1) is 0 Å². The molecular formula is C14H21N3O3. The smallest absolute Gasteiger partial charge is 0.330 e. The molecule has 2 amide bonds. The molecule has 1 aromatic rings. The molecule has 0 aliphatic rings. The monoisotopic (exact) mass is 279 g/mol. The zero-order valence-electron chi connectivity index (χ0n) is 12.0. The molecule has 2 N–H and O–H groups in total. The van der Waals surface area contributed by atoms with Crippen molar-refractivity contribution in [2.75, 3.05) is 34.2 Å². The maximum absolute atomic E-state index is 12.0. The summed E-state index contributed by atoms with van der Waals surface area (Å²) in [7, 11) is 5.47. The maximum atomic E-state index is 12.0. The van der Waals surface area contributed by atoms with E-state index in [0.29, 0.717) is 18.7 Å². The number of carboxylic acids is 1. The number of urea groups is 1. The SMILES string of the molecule is CN(C)CCN(C)C(=O)NC(C(=O)O)c1ccccc1. The number of likely N-dealkylation sites (N-methyl/N-ethyl adjacent to an activating group) is 2. The highest BCUT2D eigenvalue weighted by atomic mass is 16.4. The first-order valence-corrected chi connectivity index (χ1v) is 6.36. The molecule has 1 unspecified atom stereocenters. The van der Waals surface area contributed by atoms with Crippen LogP contribution >= 0.6 is 0 Å². The molecule has 6 nitrogen and oxygen atoms in total. The van der Waals surface area contributed by atoms with Crippen LogP contribution in [0.5, 0.6) is 0 Å². The van der Waals surface area contributed by atoms with Crippen LogP contribution in [-0.4, -0.2) is 61.1 Å². The molecule has 0 aromatic heterocycles. The lowest BCUT2D eigenvalue weighted by atomic mass is 10.1. The fraction of sp³-hybridized carbons (Fsp3) is 0.429. The second-order valence-electron chi connectivity index (χ2n) is 4.86. The van der Waals surface area contributed by atoms with E-state index in [1.807, 2.05) is 19.0 Å². The van der Waals surface area contributed by atoms with Crippen LogP contribution in [0.2, 0.25) is 0 Å². The second kappa shape index (κ2) is 7.49. The Hall–Kier alpha value is -2.08. The Morgan fingerprint density at radius 2 is 1.75 bits per heavy atom. The Bertz CT molecular complexity index is 448. The van der Waals surface area contributed by atoms with Gasteiger partial charge in [-0.05, 0) is 19.7 Å². The molecule has 0 radical (unpaired) electrons. The third-order valence-electron chi connectivity index (χ3n) is 2.88. The highest BCUT2D eigenvalue weighted by Crippen LogP contribution is 2.12. The van der Waals surface area contributed by atoms with Crippen LogP contribution in [0.25, 0.3) is 0 Å². The van der Waals surface area contributed by atoms with Gasteiger partial charge in [0.05, 0.1) is 0 Å². The van der Waals surface area contributed by atoms with Gasteiger partial charge < -0.3 is 20.2 Å². The van der Waals surface area contributed by atoms with Crippen LogP contribution < -0.4 is 5.32 Å². The molecule has 110 valence electrons. The topological polar surface area (TPSA) is 72.9 Å². The Morgan fingerprint density at radius 1 is 1.15 bits per heavy atom. The van der Waals surface area contributed by atoms with Crippen molar-refractivity contribution in [3.8, 4) is 0 Å². The van der Waals surface area contributed by atoms with Gasteiger partial charge in [-0.15, -0.1) is 0 Å². The first-order valence-electron chi connectivity index (χ1n) is 6.36. The largest absolute Gasteiger partial charge is 0.479 e. The number of nitrogens with zero attached hydrogens (tertiary/aromatic N) is 2. The molecule has 20 heavy (non-hydrogen) atoms. The molecule has 0 heterocycles. The minimum atomic E-state index is -1.08. The summed E-state index contributed by atoms with van der Waals surface area (Å²) in [4.78, 5) is 26.7. The average Bonchev–Trinajstić information content (AvgIpc) is 2.42. The summed E-state index contributed by atoms with van der Waals surface area (Å²) in [5.74, 6) is -1.08. The predicted molar refractivity (Wildman–Crippen MR) is 76.5 cm³/mol. The van der Waals surface area contributed by atoms with Gasteiger partial charge in [0.2, 0.25) is 0 Å². The third kappa shape index (κ3) is 4.89. The van der Waals surface area contributed by atoms with Crippen molar-refractivity contribution in [2.45, 2.75) is 6.04 Å². The molecular weight excluding hydrogens is 258 g/mol. The van der Waals surface area contributed by atoms with Crippen molar-refractivity contribution in [1.29, 1.82) is 0 Å². The van der Waals surface area contributed by atoms with Gasteiger partial charge in [-0.2, -0.15) is 0 Å². The number of benzene rings is 1. The Morgan fingerprint density at radius 3 is 2.25 bits per heavy atom. The Labute approximate surface area is 119 Å². The van der Waals surface area contributed by atoms with Gasteiger partial charge in [0, 0.05) is 20.1 Å². The number of carbonyl (C=O) groups excluding carboxylic acids is 1. The van der Waals surface area contributed by atoms with Crippen molar-refractivity contribution >= 4 is 12.0 Å². The molecule has 1 aromatic carbocycles. The fourth-order valence-corrected chi connectivity index (χ4v) is 1.62. The van der Waals surface area contributed by atoms with Crippen molar-refractivity contribution in [2.24, 2.45) is 0 Å². The van der Waals surface area contributed by atoms with E-state index in [0.717, 1.165) is 0 Å². The lowest BCUT2D eigenvalue weighted by Crippen LogP contribution is -2.44. The Balaban J connectivity index is 2.67. The summed E-state index contributed by atoms with van der Waals surface area (Å²) in [6, 6.07) is 7.21. The van der Waals surface area contributed by atoms with Crippen molar-refractivity contribution < 1.29 is 14.7 Å². The van der Waals surface area contributed by atoms with Gasteiger partial charge in [-0.3, -0.25) is 0 Å². The van der Waals surface area contributed by atoms with Crippen LogP contribution in [0.1, 0.15) is 11.6 Å². The van der Waals surface area contributed by atoms with Gasteiger partial charge in [-0.25, -0.2) is 9.59 Å². The predicted octanol–water partition coefficient (Wildman–Crippen LogP) is 1.02. The number of nitrogens with one attached hydrogen (secondary N) is 1. The van der Waals surface area contributed by atoms with Gasteiger partial charge in [0.25, 0.3) is 0 Å². The summed E-state index contributed by atoms with van der Waals surface area (Å²) in [5.41, 5.74) is 0.550. The van der Waals surface area contributed by atoms with E-state index in [-0.39, 0.29) is 0 Å². The zero-order chi connectivity index (χ0) is 15.1. The molecule has 0 bridgehead atoms. The summed E-state index contributed by atoms with van der Waals surface area (Å²) in [6.45, 7) is 1.24. The van der Waals surface area contributed by atoms with Crippen LogP contribution in [0.3, 0.4) is 0 Å². The number of hydrogen-bond donors (Lipinski definition) is 2. The summed E-state index contributed by atoms with van der Waals surface area (Å²) in [6.07, 6.45) is 0. The standard InChI is InChI=1S/C14H21N3O3/c1-16(2)9-10-17(3)14(20)15-12(13(18)19)11-7-5-4-6-8-11/h4-8,12H,9-10H2,1-3H3,(H,15,20)(H,18,19). The number of amides is 2. The molecule has 6 heteroatoms. The van der Waals surface area contributed by atoms with Gasteiger partial charge in [0.15, 0.2) is 6.04 Å². The maximum Gasteiger partial charge on any atom is 0.330 e. The van der Waals surface area contributed by atoms with E-state index < -0.39 is 18.0 Å². The molecule has 1 rings (SSSR count). The van der Waals surface area contributed by atoms with Crippen LogP contribution in [0.4, 0.5) is 4.79 Å². The zero-order valence-corrected chi connectivity index (χ0v) is 12.0. The van der Waals surface area contributed by atoms with Crippen molar-refractivity contribution in [3.05, 3.63) is 35.9 Å². The van der Waals surface area contributed by atoms with E-state index in [9.17, 15) is 14.7 Å². The second-order valence-corrected chi connectivity index (χ2v) is 4.86. The van der Waals surface area contributed by atoms with E-state index in [1.165, 1.54) is 4.90 Å². The lowest BCUT2D eigenvalue weighted by molar-refractivity contribution is -0.139. The molecule has 0 aliphatic heterocycles. The minimum absolute atomic E-state index is 0.400. The third-order valence-corrected chi connectivity index (χ3v) is 2.88. The highest BCUT2D eigenvalue weighted by molar-refractivity contribution is 5.83. The molecule has 0 fully saturated rings. The number of hydrogen-bond acceptors (Lipinski definition) is 3. The number of rotatable bonds is 6. The lowest BCUT2D eigenvalue weighted by Gasteiger charge is -2.23. The van der Waals surface area contributed by atoms with Crippen molar-refractivity contribution in [1.82, 2.24) is 15.1 Å². The van der Waals surface area contributed by atoms with E-state index in [2.05, 4.69) is 5.32 Å². The van der Waals surface area contributed by atoms with E-state index >= 15 is 0 Å². The summed E-state index contributed by atoms with van der Waals surface area (Å²) in [5, 5.41) is 11.8. The number of aliphatic carboxylic acids is 1. The fourth-order valence-electron chi connectivity index (χ4n) is 1.62. The van der Waals surface area contributed by atoms with Gasteiger partial charge >= 0.3 is 12.0 Å². The van der Waals surface area contributed by atoms with Crippen molar-refractivity contribution in [3.63, 3.8) is 0 Å². The van der Waals surface area contributed by atoms with Gasteiger partial charge in [-0.1, -0.05) is 30.3 Å². The summed E-state index contributed by atoms with van der Waals surface area (Å²) >= 11 is 0. The minimum Gasteiger partial charge on any atom is -0.479 e. The molecule has 0 saturated carbocycles. The first kappa shape index (κ1) is 16.0. The van der Waals surface area contributed by atoms with Gasteiger partial charge in [0.1, 0.15) is 0 Å². The molecule has 1 atom stereocenters. The van der Waals surface area contributed by atoms with E-state index in [1.54, 1.807) is 37.4 Å². The first-order chi connectivity index (χ1) is 9.41. The molecule has 0 spiro atoms. The Kier molecular flexibility index (Phi) is 5.99. The highest BCUT2D eigenvalue weighted by Gasteiger charge is 2.23. The molecule has 0 aliphatic carbocycles. The van der Waals surface area contributed by atoms with E-state index in [4.69, 9.17) is 0 Å². The molecule has 0 saturated heterocycles. The van der Waals surface area contributed by atoms with Crippen LogP contribution in [-0.2, 0) is 4.79 Å².